The molecule has 1 heterocycles. The molecular formula is C7H15NO4. The van der Waals surface area contributed by atoms with Gasteiger partial charge in [-0.15, -0.1) is 0 Å². The molecule has 0 amide bonds. The van der Waals surface area contributed by atoms with Crippen LogP contribution in [0, 0.1) is 5.92 Å². The van der Waals surface area contributed by atoms with E-state index in [4.69, 9.17) is 5.11 Å². The minimum Gasteiger partial charge on any atom is -0.394 e. The molecule has 4 atom stereocenters. The minimum atomic E-state index is -0.970. The van der Waals surface area contributed by atoms with Crippen molar-refractivity contribution in [1.82, 2.24) is 5.32 Å². The summed E-state index contributed by atoms with van der Waals surface area (Å²) < 4.78 is 0. The topological polar surface area (TPSA) is 93.0 Å². The lowest BCUT2D eigenvalue weighted by Crippen LogP contribution is -2.54. The minimum absolute atomic E-state index is 0.329. The van der Waals surface area contributed by atoms with Crippen LogP contribution in [0.25, 0.3) is 0 Å². The van der Waals surface area contributed by atoms with Crippen LogP contribution < -0.4 is 5.32 Å². The zero-order chi connectivity index (χ0) is 9.14. The van der Waals surface area contributed by atoms with Gasteiger partial charge in [-0.2, -0.15) is 0 Å². The summed E-state index contributed by atoms with van der Waals surface area (Å²) in [6.07, 6.45) is -2.78. The number of nitrogens with one attached hydrogen (secondary N) is 1. The molecule has 0 aliphatic carbocycles. The Hall–Kier alpha value is -0.200. The molecule has 0 radical (unpaired) electrons. The van der Waals surface area contributed by atoms with Gasteiger partial charge in [-0.25, -0.2) is 0 Å². The first-order valence-electron chi connectivity index (χ1n) is 4.02. The fourth-order valence-electron chi connectivity index (χ4n) is 1.42. The maximum atomic E-state index is 9.38. The molecule has 0 aromatic heterocycles. The van der Waals surface area contributed by atoms with Crippen LogP contribution in [-0.4, -0.2) is 58.4 Å². The van der Waals surface area contributed by atoms with Gasteiger partial charge in [0.2, 0.25) is 0 Å². The highest BCUT2D eigenvalue weighted by Gasteiger charge is 2.34. The van der Waals surface area contributed by atoms with Crippen LogP contribution in [0.1, 0.15) is 0 Å². The summed E-state index contributed by atoms with van der Waals surface area (Å²) in [5.74, 6) is -0.487. The molecule has 0 bridgehead atoms. The Bertz CT molecular complexity index is 143. The average Bonchev–Trinajstić information content (AvgIpc) is 2.08. The van der Waals surface area contributed by atoms with E-state index in [-0.39, 0.29) is 0 Å². The molecule has 1 rings (SSSR count). The van der Waals surface area contributed by atoms with Gasteiger partial charge < -0.3 is 25.7 Å². The molecule has 0 aromatic carbocycles. The average molecular weight is 177 g/mol. The van der Waals surface area contributed by atoms with Gasteiger partial charge in [0, 0.05) is 19.0 Å². The first-order valence-corrected chi connectivity index (χ1v) is 4.02. The number of hydrogen-bond acceptors (Lipinski definition) is 5. The van der Waals surface area contributed by atoms with Crippen LogP contribution in [0.4, 0.5) is 0 Å². The molecule has 5 nitrogen and oxygen atoms in total. The second kappa shape index (κ2) is 4.15. The van der Waals surface area contributed by atoms with Gasteiger partial charge in [0.05, 0.1) is 24.9 Å². The maximum Gasteiger partial charge on any atom is 0.0927 e. The lowest BCUT2D eigenvalue weighted by Gasteiger charge is -2.34. The van der Waals surface area contributed by atoms with E-state index < -0.39 is 30.8 Å². The van der Waals surface area contributed by atoms with Crippen LogP contribution in [0.3, 0.4) is 0 Å². The fraction of sp³-hybridized carbons (Fsp3) is 1.00. The van der Waals surface area contributed by atoms with Crippen molar-refractivity contribution in [1.29, 1.82) is 0 Å². The van der Waals surface area contributed by atoms with E-state index in [1.807, 2.05) is 0 Å². The standard InChI is InChI=1S/C7H15NO4/c9-3-6(11)4-1-8-2-5(10)7(4)12/h4-12H,1-3H2/t4-,5+,6-,7-/m0/s1. The lowest BCUT2D eigenvalue weighted by molar-refractivity contribution is -0.0842. The van der Waals surface area contributed by atoms with Gasteiger partial charge in [-0.05, 0) is 0 Å². The molecule has 1 aliphatic rings. The first-order chi connectivity index (χ1) is 5.66. The highest BCUT2D eigenvalue weighted by atomic mass is 16.3. The summed E-state index contributed by atoms with van der Waals surface area (Å²) >= 11 is 0. The Morgan fingerprint density at radius 1 is 1.33 bits per heavy atom. The van der Waals surface area contributed by atoms with E-state index in [0.717, 1.165) is 0 Å². The van der Waals surface area contributed by atoms with Gasteiger partial charge in [-0.1, -0.05) is 0 Å². The molecular weight excluding hydrogens is 162 g/mol. The molecule has 1 saturated heterocycles. The third-order valence-corrected chi connectivity index (χ3v) is 2.25. The normalized spacial score (nSPS) is 39.5. The third kappa shape index (κ3) is 1.94. The number of piperidine rings is 1. The molecule has 12 heavy (non-hydrogen) atoms. The summed E-state index contributed by atoms with van der Waals surface area (Å²) in [6, 6.07) is 0. The second-order valence-electron chi connectivity index (χ2n) is 3.13. The van der Waals surface area contributed by atoms with Gasteiger partial charge in [-0.3, -0.25) is 0 Å². The van der Waals surface area contributed by atoms with Crippen LogP contribution >= 0.6 is 0 Å². The second-order valence-corrected chi connectivity index (χ2v) is 3.13. The summed E-state index contributed by atoms with van der Waals surface area (Å²) in [4.78, 5) is 0. The number of β-amino-alcohol motifs (C(OH)–C–C–N with tert-alkyl or cyclic N) is 1. The maximum absolute atomic E-state index is 9.38. The number of aliphatic hydroxyl groups excluding tert-OH is 4. The quantitative estimate of drug-likeness (QED) is 0.316. The Balaban J connectivity index is 2.51. The summed E-state index contributed by atoms with van der Waals surface area (Å²) in [5, 5.41) is 39.2. The number of hydrogen-bond donors (Lipinski definition) is 5. The molecule has 0 aromatic rings. The van der Waals surface area contributed by atoms with Crippen molar-refractivity contribution in [2.24, 2.45) is 5.92 Å². The molecule has 0 spiro atoms. The highest BCUT2D eigenvalue weighted by Crippen LogP contribution is 2.15. The lowest BCUT2D eigenvalue weighted by atomic mass is 9.89. The van der Waals surface area contributed by atoms with E-state index in [0.29, 0.717) is 13.1 Å². The highest BCUT2D eigenvalue weighted by molar-refractivity contribution is 4.87. The molecule has 1 aliphatic heterocycles. The van der Waals surface area contributed by atoms with E-state index in [2.05, 4.69) is 5.32 Å². The Kier molecular flexibility index (Phi) is 3.42. The van der Waals surface area contributed by atoms with Gasteiger partial charge in [0.1, 0.15) is 0 Å². The Labute approximate surface area is 70.6 Å². The third-order valence-electron chi connectivity index (χ3n) is 2.25. The predicted molar refractivity (Wildman–Crippen MR) is 41.5 cm³/mol. The molecule has 0 saturated carbocycles. The van der Waals surface area contributed by atoms with Crippen molar-refractivity contribution in [3.8, 4) is 0 Å². The van der Waals surface area contributed by atoms with Crippen molar-refractivity contribution >= 4 is 0 Å². The van der Waals surface area contributed by atoms with Crippen molar-refractivity contribution < 1.29 is 20.4 Å². The monoisotopic (exact) mass is 177 g/mol. The van der Waals surface area contributed by atoms with Gasteiger partial charge in [0.15, 0.2) is 0 Å². The predicted octanol–water partition coefficient (Wildman–Crippen LogP) is -2.72. The molecule has 72 valence electrons. The SMILES string of the molecule is OC[C@H](O)[C@@H]1CNC[C@@H](O)[C@H]1O. The van der Waals surface area contributed by atoms with Crippen LogP contribution in [0.5, 0.6) is 0 Å². The molecule has 5 heteroatoms. The first kappa shape index (κ1) is 9.88. The van der Waals surface area contributed by atoms with Crippen LogP contribution in [0.2, 0.25) is 0 Å². The van der Waals surface area contributed by atoms with Crippen molar-refractivity contribution in [3.05, 3.63) is 0 Å². The summed E-state index contributed by atoms with van der Waals surface area (Å²) in [5.41, 5.74) is 0. The van der Waals surface area contributed by atoms with Gasteiger partial charge >= 0.3 is 0 Å². The van der Waals surface area contributed by atoms with Crippen LogP contribution in [-0.2, 0) is 0 Å². The van der Waals surface area contributed by atoms with E-state index >= 15 is 0 Å². The van der Waals surface area contributed by atoms with Crippen molar-refractivity contribution in [2.45, 2.75) is 18.3 Å². The van der Waals surface area contributed by atoms with E-state index in [1.54, 1.807) is 0 Å². The number of aliphatic hydroxyl groups is 4. The Morgan fingerprint density at radius 3 is 2.58 bits per heavy atom. The van der Waals surface area contributed by atoms with Crippen LogP contribution in [0.15, 0.2) is 0 Å². The zero-order valence-electron chi connectivity index (χ0n) is 6.72. The summed E-state index contributed by atoms with van der Waals surface area (Å²) in [6.45, 7) is 0.353. The molecule has 0 unspecified atom stereocenters. The smallest absolute Gasteiger partial charge is 0.0927 e. The van der Waals surface area contributed by atoms with E-state index in [9.17, 15) is 15.3 Å². The van der Waals surface area contributed by atoms with E-state index in [1.165, 1.54) is 0 Å². The molecule has 1 fully saturated rings. The van der Waals surface area contributed by atoms with Crippen molar-refractivity contribution in [3.63, 3.8) is 0 Å². The largest absolute Gasteiger partial charge is 0.394 e. The zero-order valence-corrected chi connectivity index (χ0v) is 6.72. The number of rotatable bonds is 2. The molecule has 5 N–H and O–H groups in total. The Morgan fingerprint density at radius 2 is 2.00 bits per heavy atom. The fourth-order valence-corrected chi connectivity index (χ4v) is 1.42. The van der Waals surface area contributed by atoms with Gasteiger partial charge in [0.25, 0.3) is 0 Å². The van der Waals surface area contributed by atoms with Crippen molar-refractivity contribution in [2.75, 3.05) is 19.7 Å². The summed E-state index contributed by atoms with van der Waals surface area (Å²) in [7, 11) is 0.